The quantitative estimate of drug-likeness (QED) is 0.843. The number of amidine groups is 1. The molecule has 2 aliphatic rings. The van der Waals surface area contributed by atoms with Gasteiger partial charge in [0.2, 0.25) is 0 Å². The highest BCUT2D eigenvalue weighted by Gasteiger charge is 2.40. The van der Waals surface area contributed by atoms with Crippen LogP contribution in [0, 0.1) is 19.8 Å². The number of nitrogens with two attached hydrogens (primary N) is 1. The molecule has 0 spiro atoms. The van der Waals surface area contributed by atoms with Crippen molar-refractivity contribution in [2.24, 2.45) is 16.6 Å². The van der Waals surface area contributed by atoms with E-state index in [9.17, 15) is 4.79 Å². The third-order valence-corrected chi connectivity index (χ3v) is 3.67. The number of aryl methyl sites for hydroxylation is 2. The van der Waals surface area contributed by atoms with E-state index in [2.05, 4.69) is 15.2 Å². The number of carbonyl (C=O) groups excluding carboxylic acids is 1. The fourth-order valence-corrected chi connectivity index (χ4v) is 2.53. The molecule has 1 aromatic heterocycles. The zero-order valence-electron chi connectivity index (χ0n) is 10.6. The lowest BCUT2D eigenvalue weighted by molar-refractivity contribution is 0.203. The van der Waals surface area contributed by atoms with Crippen molar-refractivity contribution in [1.82, 2.24) is 15.1 Å². The Bertz CT molecular complexity index is 509. The Hall–Kier alpha value is -1.85. The van der Waals surface area contributed by atoms with E-state index < -0.39 is 0 Å². The summed E-state index contributed by atoms with van der Waals surface area (Å²) in [6.45, 7) is 4.61. The summed E-state index contributed by atoms with van der Waals surface area (Å²) in [5.41, 5.74) is 8.75. The first kappa shape index (κ1) is 11.3. The van der Waals surface area contributed by atoms with Gasteiger partial charge in [-0.2, -0.15) is 10.1 Å². The number of aromatic amines is 1. The van der Waals surface area contributed by atoms with Crippen LogP contribution in [0.2, 0.25) is 0 Å². The number of nitrogens with one attached hydrogen (secondary N) is 1. The van der Waals surface area contributed by atoms with Gasteiger partial charge in [-0.05, 0) is 32.6 Å². The van der Waals surface area contributed by atoms with Gasteiger partial charge in [0.1, 0.15) is 11.9 Å². The molecule has 3 rings (SSSR count). The zero-order chi connectivity index (χ0) is 12.9. The highest BCUT2D eigenvalue weighted by Crippen LogP contribution is 2.36. The van der Waals surface area contributed by atoms with E-state index in [-0.39, 0.29) is 12.1 Å². The molecule has 1 unspecified atom stereocenters. The van der Waals surface area contributed by atoms with Gasteiger partial charge in [0, 0.05) is 17.8 Å². The van der Waals surface area contributed by atoms with E-state index in [1.807, 2.05) is 13.8 Å². The Morgan fingerprint density at radius 2 is 2.17 bits per heavy atom. The van der Waals surface area contributed by atoms with Crippen LogP contribution in [0.1, 0.15) is 35.8 Å². The van der Waals surface area contributed by atoms with Gasteiger partial charge in [0.05, 0.1) is 5.69 Å². The number of urea groups is 1. The summed E-state index contributed by atoms with van der Waals surface area (Å²) in [6.07, 6.45) is 2.39. The van der Waals surface area contributed by atoms with Crippen molar-refractivity contribution in [2.75, 3.05) is 6.54 Å². The van der Waals surface area contributed by atoms with Gasteiger partial charge in [-0.25, -0.2) is 4.79 Å². The van der Waals surface area contributed by atoms with Gasteiger partial charge in [-0.15, -0.1) is 0 Å². The Morgan fingerprint density at radius 3 is 2.72 bits per heavy atom. The van der Waals surface area contributed by atoms with Crippen molar-refractivity contribution in [1.29, 1.82) is 0 Å². The summed E-state index contributed by atoms with van der Waals surface area (Å²) >= 11 is 0. The first-order valence-electron chi connectivity index (χ1n) is 6.24. The molecule has 0 radical (unpaired) electrons. The predicted molar refractivity (Wildman–Crippen MR) is 67.3 cm³/mol. The van der Waals surface area contributed by atoms with Gasteiger partial charge in [0.25, 0.3) is 0 Å². The maximum Gasteiger partial charge on any atom is 0.346 e. The molecule has 3 N–H and O–H groups in total. The highest BCUT2D eigenvalue weighted by atomic mass is 16.2. The van der Waals surface area contributed by atoms with Gasteiger partial charge in [-0.1, -0.05) is 0 Å². The molecule has 1 aliphatic heterocycles. The van der Waals surface area contributed by atoms with Crippen LogP contribution in [-0.4, -0.2) is 33.5 Å². The van der Waals surface area contributed by atoms with Crippen molar-refractivity contribution >= 4 is 11.9 Å². The van der Waals surface area contributed by atoms with Gasteiger partial charge >= 0.3 is 6.03 Å². The molecule has 2 heterocycles. The fraction of sp³-hybridized carbons (Fsp3) is 0.583. The minimum Gasteiger partial charge on any atom is -0.385 e. The lowest BCUT2D eigenvalue weighted by atomic mass is 10.0. The van der Waals surface area contributed by atoms with Crippen molar-refractivity contribution in [3.8, 4) is 0 Å². The minimum atomic E-state index is -0.239. The summed E-state index contributed by atoms with van der Waals surface area (Å²) in [7, 11) is 0. The van der Waals surface area contributed by atoms with Crippen LogP contribution < -0.4 is 5.73 Å². The van der Waals surface area contributed by atoms with Crippen LogP contribution in [0.3, 0.4) is 0 Å². The van der Waals surface area contributed by atoms with E-state index in [4.69, 9.17) is 5.73 Å². The predicted octanol–water partition coefficient (Wildman–Crippen LogP) is 1.27. The summed E-state index contributed by atoms with van der Waals surface area (Å²) in [5.74, 6) is 0.998. The molecule has 1 fully saturated rings. The number of hydrogen-bond acceptors (Lipinski definition) is 3. The lowest BCUT2D eigenvalue weighted by Gasteiger charge is -2.24. The molecular weight excluding hydrogens is 230 g/mol. The second-order valence-corrected chi connectivity index (χ2v) is 5.17. The molecule has 18 heavy (non-hydrogen) atoms. The zero-order valence-corrected chi connectivity index (χ0v) is 10.6. The molecule has 1 atom stereocenters. The average Bonchev–Trinajstić information content (AvgIpc) is 3.02. The second kappa shape index (κ2) is 3.83. The number of carbonyl (C=O) groups is 1. The van der Waals surface area contributed by atoms with E-state index in [0.717, 1.165) is 23.5 Å². The van der Waals surface area contributed by atoms with E-state index in [1.165, 1.54) is 12.8 Å². The lowest BCUT2D eigenvalue weighted by Crippen LogP contribution is -2.35. The van der Waals surface area contributed by atoms with Gasteiger partial charge in [0.15, 0.2) is 0 Å². The summed E-state index contributed by atoms with van der Waals surface area (Å²) in [5, 5.41) is 7.12. The van der Waals surface area contributed by atoms with Crippen molar-refractivity contribution in [2.45, 2.75) is 32.7 Å². The van der Waals surface area contributed by atoms with Crippen molar-refractivity contribution in [3.63, 3.8) is 0 Å². The molecular formula is C12H17N5O. The maximum absolute atomic E-state index is 11.9. The topological polar surface area (TPSA) is 87.4 Å². The number of aliphatic imine (C=N–C) groups is 1. The molecule has 0 saturated heterocycles. The summed E-state index contributed by atoms with van der Waals surface area (Å²) in [4.78, 5) is 17.6. The monoisotopic (exact) mass is 247 g/mol. The number of aromatic nitrogens is 2. The largest absolute Gasteiger partial charge is 0.385 e. The van der Waals surface area contributed by atoms with Gasteiger partial charge in [-0.3, -0.25) is 5.10 Å². The average molecular weight is 247 g/mol. The number of nitrogens with zero attached hydrogens (tertiary/aromatic N) is 3. The third kappa shape index (κ3) is 1.68. The van der Waals surface area contributed by atoms with Crippen molar-refractivity contribution < 1.29 is 4.79 Å². The molecule has 6 heteroatoms. The van der Waals surface area contributed by atoms with Crippen LogP contribution in [0.25, 0.3) is 0 Å². The Balaban J connectivity index is 1.96. The number of H-pyrrole nitrogens is 1. The molecule has 2 amide bonds. The van der Waals surface area contributed by atoms with Gasteiger partial charge < -0.3 is 10.6 Å². The maximum atomic E-state index is 11.9. The third-order valence-electron chi connectivity index (χ3n) is 3.67. The molecule has 0 bridgehead atoms. The minimum absolute atomic E-state index is 0.218. The Kier molecular flexibility index (Phi) is 2.39. The molecule has 1 aromatic rings. The smallest absolute Gasteiger partial charge is 0.346 e. The molecule has 6 nitrogen and oxygen atoms in total. The Labute approximate surface area is 105 Å². The van der Waals surface area contributed by atoms with Crippen LogP contribution in [-0.2, 0) is 0 Å². The van der Waals surface area contributed by atoms with Crippen LogP contribution in [0.4, 0.5) is 4.79 Å². The highest BCUT2D eigenvalue weighted by molar-refractivity contribution is 6.03. The summed E-state index contributed by atoms with van der Waals surface area (Å²) in [6, 6.07) is -0.457. The summed E-state index contributed by atoms with van der Waals surface area (Å²) < 4.78 is 0. The van der Waals surface area contributed by atoms with Crippen LogP contribution >= 0.6 is 0 Å². The SMILES string of the molecule is Cc1n[nH]c(C)c1C1C(N)=NC(=O)N1CC1CC1. The normalized spacial score (nSPS) is 23.7. The molecule has 96 valence electrons. The van der Waals surface area contributed by atoms with Crippen LogP contribution in [0.15, 0.2) is 4.99 Å². The van der Waals surface area contributed by atoms with E-state index >= 15 is 0 Å². The standard InChI is InChI=1S/C12H17N5O/c1-6-9(7(2)16-15-6)10-11(13)14-12(18)17(10)5-8-3-4-8/h8,10H,3-5H2,1-2H3,(H,15,16)(H2,13,14,18). The van der Waals surface area contributed by atoms with Crippen LogP contribution in [0.5, 0.6) is 0 Å². The van der Waals surface area contributed by atoms with Crippen molar-refractivity contribution in [3.05, 3.63) is 17.0 Å². The van der Waals surface area contributed by atoms with E-state index in [0.29, 0.717) is 11.8 Å². The fourth-order valence-electron chi connectivity index (χ4n) is 2.53. The molecule has 0 aromatic carbocycles. The Morgan fingerprint density at radius 1 is 1.44 bits per heavy atom. The molecule has 1 saturated carbocycles. The first-order chi connectivity index (χ1) is 8.58. The first-order valence-corrected chi connectivity index (χ1v) is 6.24. The van der Waals surface area contributed by atoms with E-state index in [1.54, 1.807) is 4.90 Å². The molecule has 1 aliphatic carbocycles. The number of hydrogen-bond donors (Lipinski definition) is 2. The number of amides is 2. The second-order valence-electron chi connectivity index (χ2n) is 5.17. The number of rotatable bonds is 3.